The van der Waals surface area contributed by atoms with E-state index < -0.39 is 5.97 Å². The van der Waals surface area contributed by atoms with E-state index in [0.717, 1.165) is 11.2 Å². The molecule has 0 aliphatic rings. The molecule has 0 bridgehead atoms. The number of pyridine rings is 1. The maximum atomic E-state index is 13.7. The summed E-state index contributed by atoms with van der Waals surface area (Å²) in [6.45, 7) is 3.72. The molecule has 4 nitrogen and oxygen atoms in total. The van der Waals surface area contributed by atoms with Crippen LogP contribution in [0.4, 0.5) is 4.39 Å². The van der Waals surface area contributed by atoms with Crippen LogP contribution >= 0.6 is 0 Å². The van der Waals surface area contributed by atoms with Gasteiger partial charge in [-0.15, -0.1) is 0 Å². The Hall–Kier alpha value is -2.66. The minimum atomic E-state index is -0.973. The molecule has 0 saturated carbocycles. The highest BCUT2D eigenvalue weighted by Crippen LogP contribution is 2.27. The molecule has 2 heterocycles. The summed E-state index contributed by atoms with van der Waals surface area (Å²) in [5, 5.41) is 9.41. The lowest BCUT2D eigenvalue weighted by atomic mass is 10.0. The van der Waals surface area contributed by atoms with Crippen LogP contribution in [0, 0.1) is 12.7 Å². The van der Waals surface area contributed by atoms with Crippen molar-refractivity contribution in [1.29, 1.82) is 0 Å². The molecule has 2 aromatic heterocycles. The molecule has 0 fully saturated rings. The highest BCUT2D eigenvalue weighted by atomic mass is 19.1. The average molecular weight is 327 g/mol. The maximum Gasteiger partial charge on any atom is 0.336 e. The van der Waals surface area contributed by atoms with Crippen molar-refractivity contribution in [2.24, 2.45) is 0 Å². The largest absolute Gasteiger partial charge is 0.478 e. The second-order valence-electron chi connectivity index (χ2n) is 5.72. The topological polar surface area (TPSA) is 50.9 Å². The first-order valence-corrected chi connectivity index (χ1v) is 7.68. The Morgan fingerprint density at radius 2 is 2.04 bits per heavy atom. The summed E-state index contributed by atoms with van der Waals surface area (Å²) >= 11 is 0. The fourth-order valence-corrected chi connectivity index (χ4v) is 2.94. The third-order valence-electron chi connectivity index (χ3n) is 4.18. The third-order valence-corrected chi connectivity index (χ3v) is 4.18. The SMILES string of the molecule is Cc1c(C(=O)O)cc2cccn2c1C(C)OCc1ccccc1F. The van der Waals surface area contributed by atoms with Gasteiger partial charge < -0.3 is 14.2 Å². The number of aromatic carboxylic acids is 1. The van der Waals surface area contributed by atoms with Crippen LogP contribution in [-0.4, -0.2) is 15.5 Å². The fraction of sp³-hybridized carbons (Fsp3) is 0.211. The average Bonchev–Trinajstić information content (AvgIpc) is 3.01. The number of rotatable bonds is 5. The molecule has 0 aliphatic carbocycles. The van der Waals surface area contributed by atoms with Gasteiger partial charge in [0.05, 0.1) is 24.0 Å². The van der Waals surface area contributed by atoms with Crippen LogP contribution in [0.25, 0.3) is 5.52 Å². The smallest absolute Gasteiger partial charge is 0.336 e. The summed E-state index contributed by atoms with van der Waals surface area (Å²) in [7, 11) is 0. The minimum absolute atomic E-state index is 0.118. The summed E-state index contributed by atoms with van der Waals surface area (Å²) in [5.41, 5.74) is 2.91. The molecule has 24 heavy (non-hydrogen) atoms. The summed E-state index contributed by atoms with van der Waals surface area (Å²) in [6, 6.07) is 11.8. The molecule has 124 valence electrons. The first-order chi connectivity index (χ1) is 11.5. The molecule has 1 aromatic carbocycles. The van der Waals surface area contributed by atoms with E-state index in [0.29, 0.717) is 11.1 Å². The Morgan fingerprint density at radius 3 is 2.75 bits per heavy atom. The Balaban J connectivity index is 1.95. The lowest BCUT2D eigenvalue weighted by Crippen LogP contribution is -2.12. The van der Waals surface area contributed by atoms with Gasteiger partial charge in [-0.3, -0.25) is 0 Å². The highest BCUT2D eigenvalue weighted by Gasteiger charge is 2.19. The summed E-state index contributed by atoms with van der Waals surface area (Å²) in [4.78, 5) is 11.5. The van der Waals surface area contributed by atoms with Gasteiger partial charge in [0.15, 0.2) is 0 Å². The van der Waals surface area contributed by atoms with Crippen molar-refractivity contribution in [3.8, 4) is 0 Å². The van der Waals surface area contributed by atoms with Crippen LogP contribution in [0.1, 0.15) is 40.2 Å². The van der Waals surface area contributed by atoms with Gasteiger partial charge in [-0.1, -0.05) is 18.2 Å². The van der Waals surface area contributed by atoms with Crippen LogP contribution in [0.15, 0.2) is 48.7 Å². The van der Waals surface area contributed by atoms with Crippen LogP contribution < -0.4 is 0 Å². The molecule has 0 saturated heterocycles. The molecule has 0 spiro atoms. The van der Waals surface area contributed by atoms with Crippen molar-refractivity contribution in [2.75, 3.05) is 0 Å². The van der Waals surface area contributed by atoms with Gasteiger partial charge in [0.25, 0.3) is 0 Å². The number of carboxylic acid groups (broad SMARTS) is 1. The van der Waals surface area contributed by atoms with E-state index >= 15 is 0 Å². The van der Waals surface area contributed by atoms with E-state index in [1.165, 1.54) is 6.07 Å². The summed E-state index contributed by atoms with van der Waals surface area (Å²) < 4.78 is 21.5. The summed E-state index contributed by atoms with van der Waals surface area (Å²) in [5.74, 6) is -1.29. The van der Waals surface area contributed by atoms with Gasteiger partial charge >= 0.3 is 5.97 Å². The number of benzene rings is 1. The number of aromatic nitrogens is 1. The van der Waals surface area contributed by atoms with Crippen LogP contribution in [0.2, 0.25) is 0 Å². The van der Waals surface area contributed by atoms with Crippen molar-refractivity contribution < 1.29 is 19.0 Å². The van der Waals surface area contributed by atoms with E-state index in [-0.39, 0.29) is 24.1 Å². The third kappa shape index (κ3) is 2.90. The number of hydrogen-bond acceptors (Lipinski definition) is 2. The van der Waals surface area contributed by atoms with Crippen molar-refractivity contribution in [3.63, 3.8) is 0 Å². The first-order valence-electron chi connectivity index (χ1n) is 7.68. The predicted molar refractivity (Wildman–Crippen MR) is 88.7 cm³/mol. The van der Waals surface area contributed by atoms with Crippen molar-refractivity contribution in [2.45, 2.75) is 26.6 Å². The van der Waals surface area contributed by atoms with Crippen molar-refractivity contribution >= 4 is 11.5 Å². The standard InChI is InChI=1S/C19H18FNO3/c1-12-16(19(22)23)10-15-7-5-9-21(15)18(12)13(2)24-11-14-6-3-4-8-17(14)20/h3-10,13H,11H2,1-2H3,(H,22,23). The normalized spacial score (nSPS) is 12.5. The number of hydrogen-bond donors (Lipinski definition) is 1. The number of carbonyl (C=O) groups is 1. The zero-order chi connectivity index (χ0) is 17.3. The van der Waals surface area contributed by atoms with Gasteiger partial charge in [0, 0.05) is 17.3 Å². The molecule has 1 unspecified atom stereocenters. The number of carboxylic acids is 1. The van der Waals surface area contributed by atoms with Gasteiger partial charge in [0.1, 0.15) is 5.82 Å². The monoisotopic (exact) mass is 327 g/mol. The molecule has 3 rings (SSSR count). The number of halogens is 1. The van der Waals surface area contributed by atoms with Gasteiger partial charge in [-0.05, 0) is 43.7 Å². The first kappa shape index (κ1) is 16.2. The Labute approximate surface area is 139 Å². The highest BCUT2D eigenvalue weighted by molar-refractivity contribution is 5.91. The van der Waals surface area contributed by atoms with Crippen LogP contribution in [0.3, 0.4) is 0 Å². The molecular weight excluding hydrogens is 309 g/mol. The van der Waals surface area contributed by atoms with E-state index in [1.807, 2.05) is 29.7 Å². The predicted octanol–water partition coefficient (Wildman–Crippen LogP) is 4.36. The summed E-state index contributed by atoms with van der Waals surface area (Å²) in [6.07, 6.45) is 1.48. The molecule has 0 aliphatic heterocycles. The molecule has 0 amide bonds. The van der Waals surface area contributed by atoms with Gasteiger partial charge in [-0.25, -0.2) is 9.18 Å². The Kier molecular flexibility index (Phi) is 4.36. The van der Waals surface area contributed by atoms with E-state index in [4.69, 9.17) is 4.74 Å². The molecule has 1 atom stereocenters. The zero-order valence-corrected chi connectivity index (χ0v) is 13.5. The number of ether oxygens (including phenoxy) is 1. The maximum absolute atomic E-state index is 13.7. The Bertz CT molecular complexity index is 901. The zero-order valence-electron chi connectivity index (χ0n) is 13.5. The molecule has 1 N–H and O–H groups in total. The van der Waals surface area contributed by atoms with E-state index in [1.54, 1.807) is 31.2 Å². The van der Waals surface area contributed by atoms with Crippen LogP contribution in [-0.2, 0) is 11.3 Å². The fourth-order valence-electron chi connectivity index (χ4n) is 2.94. The molecular formula is C19H18FNO3. The van der Waals surface area contributed by atoms with Crippen LogP contribution in [0.5, 0.6) is 0 Å². The molecule has 3 aromatic rings. The van der Waals surface area contributed by atoms with Gasteiger partial charge in [0.2, 0.25) is 0 Å². The quantitative estimate of drug-likeness (QED) is 0.757. The number of fused-ring (bicyclic) bond motifs is 1. The minimum Gasteiger partial charge on any atom is -0.478 e. The second kappa shape index (κ2) is 6.45. The van der Waals surface area contributed by atoms with E-state index in [9.17, 15) is 14.3 Å². The van der Waals surface area contributed by atoms with Crippen molar-refractivity contribution in [3.05, 3.63) is 76.9 Å². The van der Waals surface area contributed by atoms with E-state index in [2.05, 4.69) is 0 Å². The molecule has 0 radical (unpaired) electrons. The lowest BCUT2D eigenvalue weighted by molar-refractivity contribution is 0.0468. The lowest BCUT2D eigenvalue weighted by Gasteiger charge is -2.20. The second-order valence-corrected chi connectivity index (χ2v) is 5.72. The Morgan fingerprint density at radius 1 is 1.29 bits per heavy atom. The molecule has 5 heteroatoms. The number of nitrogens with zero attached hydrogens (tertiary/aromatic N) is 1. The van der Waals surface area contributed by atoms with Crippen molar-refractivity contribution in [1.82, 2.24) is 4.40 Å². The van der Waals surface area contributed by atoms with Gasteiger partial charge in [-0.2, -0.15) is 0 Å².